The maximum absolute atomic E-state index is 12.6. The van der Waals surface area contributed by atoms with E-state index in [4.69, 9.17) is 18.5 Å². The van der Waals surface area contributed by atoms with E-state index in [-0.39, 0.29) is 32.0 Å². The molecule has 0 saturated heterocycles. The van der Waals surface area contributed by atoms with Gasteiger partial charge in [0.25, 0.3) is 7.82 Å². The molecule has 0 aromatic carbocycles. The number of likely N-dealkylation sites (N-methyl/N-ethyl adjacent to an activating group) is 1. The summed E-state index contributed by atoms with van der Waals surface area (Å²) in [6.45, 7) is 4.23. The third-order valence-electron chi connectivity index (χ3n) is 8.88. The maximum atomic E-state index is 12.6. The van der Waals surface area contributed by atoms with Crippen molar-refractivity contribution in [2.24, 2.45) is 0 Å². The minimum absolute atomic E-state index is 0.0260. The number of hydrogen-bond acceptors (Lipinski definition) is 8. The van der Waals surface area contributed by atoms with Crippen molar-refractivity contribution in [1.29, 1.82) is 0 Å². The van der Waals surface area contributed by atoms with Crippen LogP contribution in [0.5, 0.6) is 0 Å². The molecule has 292 valence electrons. The number of unbranched alkanes of at least 4 members (excludes halogenated alkanes) is 23. The van der Waals surface area contributed by atoms with Crippen molar-refractivity contribution >= 4 is 19.8 Å². The van der Waals surface area contributed by atoms with E-state index in [1.165, 1.54) is 122 Å². The molecule has 0 amide bonds. The van der Waals surface area contributed by atoms with Crippen LogP contribution in [0.3, 0.4) is 0 Å². The van der Waals surface area contributed by atoms with Gasteiger partial charge in [-0.05, 0) is 12.8 Å². The van der Waals surface area contributed by atoms with Gasteiger partial charge in [-0.1, -0.05) is 162 Å². The maximum Gasteiger partial charge on any atom is 0.306 e. The van der Waals surface area contributed by atoms with Crippen LogP contribution in [0.1, 0.15) is 187 Å². The molecule has 0 heterocycles. The van der Waals surface area contributed by atoms with Gasteiger partial charge in [0.2, 0.25) is 0 Å². The normalized spacial score (nSPS) is 13.7. The predicted octanol–water partition coefficient (Wildman–Crippen LogP) is 10.2. The van der Waals surface area contributed by atoms with E-state index in [9.17, 15) is 19.0 Å². The quantitative estimate of drug-likeness (QED) is 0.0270. The third kappa shape index (κ3) is 36.6. The molecule has 0 spiro atoms. The topological polar surface area (TPSA) is 111 Å². The number of carbonyl (C=O) groups is 2. The summed E-state index contributed by atoms with van der Waals surface area (Å²) in [7, 11) is 1.18. The van der Waals surface area contributed by atoms with Gasteiger partial charge < -0.3 is 27.9 Å². The van der Waals surface area contributed by atoms with E-state index in [1.54, 1.807) is 0 Å². The van der Waals surface area contributed by atoms with Crippen LogP contribution in [0, 0.1) is 0 Å². The lowest BCUT2D eigenvalue weighted by Gasteiger charge is -2.28. The summed E-state index contributed by atoms with van der Waals surface area (Å²) in [6, 6.07) is 0. The SMILES string of the molecule is CCCCCCCCCCCCCCCCC(=O)OCC(COP(=O)([O-])OCC[N+](C)(C)C)OC(=O)CCCCCCCCCCCCC. The number of carbonyl (C=O) groups excluding carboxylic acids is 2. The Hall–Kier alpha value is -0.990. The summed E-state index contributed by atoms with van der Waals surface area (Å²) < 4.78 is 33.8. The average molecular weight is 720 g/mol. The van der Waals surface area contributed by atoms with Crippen molar-refractivity contribution in [1.82, 2.24) is 0 Å². The Kier molecular flexibility index (Phi) is 32.2. The number of hydrogen-bond donors (Lipinski definition) is 0. The van der Waals surface area contributed by atoms with Gasteiger partial charge in [-0.25, -0.2) is 0 Å². The summed E-state index contributed by atoms with van der Waals surface area (Å²) >= 11 is 0. The van der Waals surface area contributed by atoms with E-state index >= 15 is 0 Å². The van der Waals surface area contributed by atoms with E-state index in [2.05, 4.69) is 13.8 Å². The molecule has 9 nitrogen and oxygen atoms in total. The summed E-state index contributed by atoms with van der Waals surface area (Å²) in [5.74, 6) is -0.825. The molecule has 49 heavy (non-hydrogen) atoms. The van der Waals surface area contributed by atoms with E-state index < -0.39 is 26.5 Å². The van der Waals surface area contributed by atoms with E-state index in [0.717, 1.165) is 32.1 Å². The highest BCUT2D eigenvalue weighted by Crippen LogP contribution is 2.38. The second-order valence-corrected chi connectivity index (χ2v) is 16.4. The van der Waals surface area contributed by atoms with E-state index in [1.807, 2.05) is 21.1 Å². The smallest absolute Gasteiger partial charge is 0.306 e. The Morgan fingerprint density at radius 2 is 0.918 bits per heavy atom. The number of phosphoric ester groups is 1. The summed E-state index contributed by atoms with van der Waals surface area (Å²) in [5.41, 5.74) is 0. The van der Waals surface area contributed by atoms with Gasteiger partial charge in [-0.15, -0.1) is 0 Å². The molecule has 0 aromatic rings. The summed E-state index contributed by atoms with van der Waals surface area (Å²) in [5, 5.41) is 0. The van der Waals surface area contributed by atoms with Gasteiger partial charge in [0.1, 0.15) is 19.8 Å². The molecular weight excluding hydrogens is 641 g/mol. The number of ether oxygens (including phenoxy) is 2. The van der Waals surface area contributed by atoms with Crippen molar-refractivity contribution in [3.63, 3.8) is 0 Å². The second kappa shape index (κ2) is 32.9. The van der Waals surface area contributed by atoms with Crippen molar-refractivity contribution in [3.8, 4) is 0 Å². The molecule has 0 aliphatic heterocycles. The first-order valence-corrected chi connectivity index (χ1v) is 21.7. The highest BCUT2D eigenvalue weighted by Gasteiger charge is 2.21. The molecule has 0 aromatic heterocycles. The first-order valence-electron chi connectivity index (χ1n) is 20.2. The molecule has 0 saturated carbocycles. The highest BCUT2D eigenvalue weighted by atomic mass is 31.2. The van der Waals surface area contributed by atoms with Crippen LogP contribution in [0.4, 0.5) is 0 Å². The molecule has 0 aliphatic rings. The zero-order valence-corrected chi connectivity index (χ0v) is 33.6. The first-order chi connectivity index (χ1) is 23.5. The molecule has 0 aliphatic carbocycles. The highest BCUT2D eigenvalue weighted by molar-refractivity contribution is 7.45. The Morgan fingerprint density at radius 3 is 1.31 bits per heavy atom. The lowest BCUT2D eigenvalue weighted by Crippen LogP contribution is -2.37. The summed E-state index contributed by atoms with van der Waals surface area (Å²) in [6.07, 6.45) is 29.8. The molecule has 10 heteroatoms. The van der Waals surface area contributed by atoms with Gasteiger partial charge in [0, 0.05) is 12.8 Å². The van der Waals surface area contributed by atoms with Gasteiger partial charge in [-0.3, -0.25) is 14.2 Å². The van der Waals surface area contributed by atoms with Gasteiger partial charge >= 0.3 is 11.9 Å². The van der Waals surface area contributed by atoms with Crippen molar-refractivity contribution in [2.45, 2.75) is 193 Å². The Labute approximate surface area is 302 Å². The monoisotopic (exact) mass is 720 g/mol. The average Bonchev–Trinajstić information content (AvgIpc) is 3.04. The van der Waals surface area contributed by atoms with Crippen LogP contribution in [0.15, 0.2) is 0 Å². The molecule has 0 bridgehead atoms. The van der Waals surface area contributed by atoms with Crippen LogP contribution in [-0.2, 0) is 32.7 Å². The van der Waals surface area contributed by atoms with Crippen LogP contribution in [-0.4, -0.2) is 70.0 Å². The fourth-order valence-electron chi connectivity index (χ4n) is 5.65. The lowest BCUT2D eigenvalue weighted by molar-refractivity contribution is -0.870. The standard InChI is InChI=1S/C39H78NO8P/c1-6-8-10-12-14-16-18-19-20-22-23-25-27-29-31-38(41)45-35-37(36-47-49(43,44)46-34-33-40(3,4)5)48-39(42)32-30-28-26-24-21-17-15-13-11-9-7-2/h37H,6-36H2,1-5H3. The Bertz CT molecular complexity index is 819. The Balaban J connectivity index is 4.36. The van der Waals surface area contributed by atoms with Crippen molar-refractivity contribution in [3.05, 3.63) is 0 Å². The zero-order chi connectivity index (χ0) is 36.5. The van der Waals surface area contributed by atoms with Gasteiger partial charge in [-0.2, -0.15) is 0 Å². The largest absolute Gasteiger partial charge is 0.756 e. The van der Waals surface area contributed by atoms with Crippen LogP contribution < -0.4 is 4.89 Å². The minimum atomic E-state index is -4.61. The molecule has 0 radical (unpaired) electrons. The van der Waals surface area contributed by atoms with Crippen LogP contribution in [0.2, 0.25) is 0 Å². The minimum Gasteiger partial charge on any atom is -0.756 e. The number of phosphoric acid groups is 1. The van der Waals surface area contributed by atoms with Crippen molar-refractivity contribution in [2.75, 3.05) is 47.5 Å². The third-order valence-corrected chi connectivity index (χ3v) is 9.84. The van der Waals surface area contributed by atoms with Crippen molar-refractivity contribution < 1.29 is 42.1 Å². The van der Waals surface area contributed by atoms with Crippen LogP contribution in [0.25, 0.3) is 0 Å². The fraction of sp³-hybridized carbons (Fsp3) is 0.949. The van der Waals surface area contributed by atoms with Gasteiger partial charge in [0.05, 0.1) is 27.7 Å². The molecule has 2 unspecified atom stereocenters. The number of nitrogens with zero attached hydrogens (tertiary/aromatic N) is 1. The lowest BCUT2D eigenvalue weighted by atomic mass is 10.0. The number of esters is 2. The van der Waals surface area contributed by atoms with Crippen LogP contribution >= 0.6 is 7.82 Å². The van der Waals surface area contributed by atoms with Gasteiger partial charge in [0.15, 0.2) is 6.10 Å². The predicted molar refractivity (Wildman–Crippen MR) is 199 cm³/mol. The second-order valence-electron chi connectivity index (χ2n) is 15.0. The molecular formula is C39H78NO8P. The summed E-state index contributed by atoms with van der Waals surface area (Å²) in [4.78, 5) is 37.3. The first kappa shape index (κ1) is 48.0. The molecule has 2 atom stereocenters. The molecule has 0 N–H and O–H groups in total. The number of rotatable bonds is 37. The van der Waals surface area contributed by atoms with E-state index in [0.29, 0.717) is 17.4 Å². The Morgan fingerprint density at radius 1 is 0.551 bits per heavy atom. The molecule has 0 fully saturated rings. The fourth-order valence-corrected chi connectivity index (χ4v) is 6.38. The zero-order valence-electron chi connectivity index (χ0n) is 32.7. The molecule has 0 rings (SSSR count). The number of quaternary nitrogens is 1.